The van der Waals surface area contributed by atoms with E-state index in [0.29, 0.717) is 17.2 Å². The molecule has 0 fully saturated rings. The van der Waals surface area contributed by atoms with Crippen LogP contribution in [0, 0.1) is 6.92 Å². The Kier molecular flexibility index (Phi) is 4.15. The van der Waals surface area contributed by atoms with Crippen molar-refractivity contribution in [3.05, 3.63) is 65.9 Å². The van der Waals surface area contributed by atoms with Crippen molar-refractivity contribution in [1.82, 2.24) is 34.7 Å². The SMILES string of the molecule is Cc1c(C(C)NC(=O)c2cc(-c3ccccc3)nc3ncnn23)cnn1C. The van der Waals surface area contributed by atoms with Gasteiger partial charge in [-0.25, -0.2) is 4.98 Å². The summed E-state index contributed by atoms with van der Waals surface area (Å²) >= 11 is 0. The number of benzene rings is 1. The maximum absolute atomic E-state index is 13.0. The Balaban J connectivity index is 1.71. The Hall–Kier alpha value is -3.55. The first kappa shape index (κ1) is 16.9. The fraction of sp³-hybridized carbons (Fsp3) is 0.211. The Morgan fingerprint density at radius 2 is 1.96 bits per heavy atom. The van der Waals surface area contributed by atoms with Gasteiger partial charge in [0.2, 0.25) is 0 Å². The molecule has 0 spiro atoms. The number of nitrogens with one attached hydrogen (secondary N) is 1. The van der Waals surface area contributed by atoms with E-state index in [1.165, 1.54) is 10.8 Å². The van der Waals surface area contributed by atoms with Crippen LogP contribution in [-0.2, 0) is 7.05 Å². The van der Waals surface area contributed by atoms with Gasteiger partial charge < -0.3 is 5.32 Å². The molecule has 4 aromatic rings. The van der Waals surface area contributed by atoms with Crippen LogP contribution >= 0.6 is 0 Å². The number of fused-ring (bicyclic) bond motifs is 1. The average Bonchev–Trinajstić information content (AvgIpc) is 3.28. The van der Waals surface area contributed by atoms with Gasteiger partial charge in [0.05, 0.1) is 17.9 Å². The summed E-state index contributed by atoms with van der Waals surface area (Å²) in [5.74, 6) is 0.132. The lowest BCUT2D eigenvalue weighted by molar-refractivity contribution is 0.0932. The quantitative estimate of drug-likeness (QED) is 0.602. The van der Waals surface area contributed by atoms with Gasteiger partial charge in [-0.1, -0.05) is 30.3 Å². The molecule has 0 aliphatic heterocycles. The maximum atomic E-state index is 13.0. The minimum absolute atomic E-state index is 0.196. The Morgan fingerprint density at radius 1 is 1.19 bits per heavy atom. The number of aromatic nitrogens is 6. The minimum atomic E-state index is -0.249. The van der Waals surface area contributed by atoms with Crippen LogP contribution in [0.3, 0.4) is 0 Å². The van der Waals surface area contributed by atoms with E-state index in [4.69, 9.17) is 0 Å². The van der Waals surface area contributed by atoms with Crippen molar-refractivity contribution in [3.63, 3.8) is 0 Å². The lowest BCUT2D eigenvalue weighted by Gasteiger charge is -2.14. The van der Waals surface area contributed by atoms with Gasteiger partial charge in [-0.3, -0.25) is 9.48 Å². The van der Waals surface area contributed by atoms with Crippen LogP contribution in [-0.4, -0.2) is 35.3 Å². The lowest BCUT2D eigenvalue weighted by Crippen LogP contribution is -2.29. The highest BCUT2D eigenvalue weighted by atomic mass is 16.2. The second-order valence-corrected chi connectivity index (χ2v) is 6.37. The lowest BCUT2D eigenvalue weighted by atomic mass is 10.1. The molecule has 0 aliphatic carbocycles. The molecule has 8 nitrogen and oxygen atoms in total. The molecule has 0 aliphatic rings. The monoisotopic (exact) mass is 361 g/mol. The minimum Gasteiger partial charge on any atom is -0.344 e. The molecule has 27 heavy (non-hydrogen) atoms. The van der Waals surface area contributed by atoms with Gasteiger partial charge >= 0.3 is 0 Å². The van der Waals surface area contributed by atoms with Crippen molar-refractivity contribution < 1.29 is 4.79 Å². The van der Waals surface area contributed by atoms with E-state index < -0.39 is 0 Å². The molecule has 0 bridgehead atoms. The third kappa shape index (κ3) is 3.05. The predicted molar refractivity (Wildman–Crippen MR) is 100 cm³/mol. The molecule has 1 N–H and O–H groups in total. The Labute approximate surface area is 155 Å². The van der Waals surface area contributed by atoms with E-state index in [9.17, 15) is 4.79 Å². The topological polar surface area (TPSA) is 90.0 Å². The molecular formula is C19H19N7O. The highest BCUT2D eigenvalue weighted by molar-refractivity contribution is 5.94. The van der Waals surface area contributed by atoms with Crippen LogP contribution in [0.15, 0.2) is 48.9 Å². The fourth-order valence-electron chi connectivity index (χ4n) is 3.02. The number of carbonyl (C=O) groups excluding carboxylic acids is 1. The van der Waals surface area contributed by atoms with Crippen molar-refractivity contribution >= 4 is 11.7 Å². The van der Waals surface area contributed by atoms with E-state index in [0.717, 1.165) is 16.8 Å². The van der Waals surface area contributed by atoms with Crippen LogP contribution in [0.1, 0.15) is 34.7 Å². The zero-order valence-corrected chi connectivity index (χ0v) is 15.3. The largest absolute Gasteiger partial charge is 0.344 e. The summed E-state index contributed by atoms with van der Waals surface area (Å²) in [6.45, 7) is 3.90. The van der Waals surface area contributed by atoms with Crippen LogP contribution in [0.25, 0.3) is 17.0 Å². The summed E-state index contributed by atoms with van der Waals surface area (Å²) in [4.78, 5) is 21.6. The zero-order chi connectivity index (χ0) is 19.0. The van der Waals surface area contributed by atoms with Gasteiger partial charge in [-0.05, 0) is 19.9 Å². The van der Waals surface area contributed by atoms with Gasteiger partial charge in [-0.2, -0.15) is 19.7 Å². The van der Waals surface area contributed by atoms with E-state index in [1.807, 2.05) is 51.2 Å². The number of amides is 1. The van der Waals surface area contributed by atoms with Crippen LogP contribution < -0.4 is 5.32 Å². The first-order valence-corrected chi connectivity index (χ1v) is 8.60. The summed E-state index contributed by atoms with van der Waals surface area (Å²) in [5.41, 5.74) is 3.94. The molecule has 3 heterocycles. The van der Waals surface area contributed by atoms with Crippen molar-refractivity contribution in [2.24, 2.45) is 7.05 Å². The maximum Gasteiger partial charge on any atom is 0.270 e. The van der Waals surface area contributed by atoms with Gasteiger partial charge in [0, 0.05) is 23.9 Å². The van der Waals surface area contributed by atoms with Crippen LogP contribution in [0.5, 0.6) is 0 Å². The second kappa shape index (κ2) is 6.64. The summed E-state index contributed by atoms with van der Waals surface area (Å²) in [7, 11) is 1.88. The zero-order valence-electron chi connectivity index (χ0n) is 15.3. The third-order valence-corrected chi connectivity index (χ3v) is 4.64. The molecule has 0 saturated carbocycles. The summed E-state index contributed by atoms with van der Waals surface area (Å²) in [6.07, 6.45) is 3.16. The fourth-order valence-corrected chi connectivity index (χ4v) is 3.02. The number of hydrogen-bond acceptors (Lipinski definition) is 5. The highest BCUT2D eigenvalue weighted by Crippen LogP contribution is 2.20. The van der Waals surface area contributed by atoms with Gasteiger partial charge in [-0.15, -0.1) is 0 Å². The average molecular weight is 361 g/mol. The van der Waals surface area contributed by atoms with E-state index in [-0.39, 0.29) is 11.9 Å². The van der Waals surface area contributed by atoms with Gasteiger partial charge in [0.15, 0.2) is 0 Å². The van der Waals surface area contributed by atoms with Crippen molar-refractivity contribution in [3.8, 4) is 11.3 Å². The number of hydrogen-bond donors (Lipinski definition) is 1. The smallest absolute Gasteiger partial charge is 0.270 e. The molecule has 1 amide bonds. The third-order valence-electron chi connectivity index (χ3n) is 4.64. The molecule has 8 heteroatoms. The van der Waals surface area contributed by atoms with E-state index >= 15 is 0 Å². The number of aryl methyl sites for hydroxylation is 1. The van der Waals surface area contributed by atoms with Gasteiger partial charge in [0.25, 0.3) is 11.7 Å². The standard InChI is InChI=1S/C19H19N7O/c1-12(15-10-21-25(3)13(15)2)23-18(27)17-9-16(14-7-5-4-6-8-14)24-19-20-11-22-26(17)19/h4-12H,1-3H3,(H,23,27). The molecule has 1 unspecified atom stereocenters. The number of carbonyl (C=O) groups is 1. The molecule has 0 radical (unpaired) electrons. The van der Waals surface area contributed by atoms with Gasteiger partial charge in [0.1, 0.15) is 12.0 Å². The Morgan fingerprint density at radius 3 is 2.67 bits per heavy atom. The molecule has 4 rings (SSSR count). The molecule has 1 aromatic carbocycles. The van der Waals surface area contributed by atoms with Crippen molar-refractivity contribution in [1.29, 1.82) is 0 Å². The summed E-state index contributed by atoms with van der Waals surface area (Å²) < 4.78 is 3.23. The second-order valence-electron chi connectivity index (χ2n) is 6.37. The van der Waals surface area contributed by atoms with Crippen LogP contribution in [0.4, 0.5) is 0 Å². The van der Waals surface area contributed by atoms with E-state index in [2.05, 4.69) is 25.5 Å². The molecule has 0 saturated heterocycles. The summed E-state index contributed by atoms with van der Waals surface area (Å²) in [6, 6.07) is 11.2. The number of rotatable bonds is 4. The molecule has 1 atom stereocenters. The molecule has 3 aromatic heterocycles. The highest BCUT2D eigenvalue weighted by Gasteiger charge is 2.19. The molecular weight excluding hydrogens is 342 g/mol. The van der Waals surface area contributed by atoms with Crippen LogP contribution in [0.2, 0.25) is 0 Å². The predicted octanol–water partition coefficient (Wildman–Crippen LogP) is 2.32. The molecule has 136 valence electrons. The van der Waals surface area contributed by atoms with Crippen molar-refractivity contribution in [2.45, 2.75) is 19.9 Å². The first-order chi connectivity index (χ1) is 13.0. The number of nitrogens with zero attached hydrogens (tertiary/aromatic N) is 6. The van der Waals surface area contributed by atoms with E-state index in [1.54, 1.807) is 16.9 Å². The van der Waals surface area contributed by atoms with Crippen molar-refractivity contribution in [2.75, 3.05) is 0 Å². The summed E-state index contributed by atoms with van der Waals surface area (Å²) in [5, 5.41) is 11.4. The normalized spacial score (nSPS) is 12.3. The Bertz CT molecular complexity index is 1110. The first-order valence-electron chi connectivity index (χ1n) is 8.60.